The van der Waals surface area contributed by atoms with E-state index in [4.69, 9.17) is 4.42 Å². The van der Waals surface area contributed by atoms with E-state index in [-0.39, 0.29) is 11.9 Å². The number of amides is 1. The van der Waals surface area contributed by atoms with E-state index < -0.39 is 0 Å². The highest BCUT2D eigenvalue weighted by molar-refractivity contribution is 7.09. The fourth-order valence-electron chi connectivity index (χ4n) is 2.68. The largest absolute Gasteiger partial charge is 0.459 e. The SMILES string of the molecule is CCCN(C(=O)c1csc(C)n1)C(C)c1cc2ccccc2o1. The molecule has 0 aliphatic rings. The van der Waals surface area contributed by atoms with Crippen LogP contribution in [0.15, 0.2) is 40.1 Å². The predicted molar refractivity (Wildman–Crippen MR) is 92.8 cm³/mol. The van der Waals surface area contributed by atoms with Gasteiger partial charge in [-0.2, -0.15) is 0 Å². The summed E-state index contributed by atoms with van der Waals surface area (Å²) < 4.78 is 5.94. The molecule has 23 heavy (non-hydrogen) atoms. The van der Waals surface area contributed by atoms with E-state index in [1.54, 1.807) is 0 Å². The lowest BCUT2D eigenvalue weighted by Crippen LogP contribution is -2.34. The topological polar surface area (TPSA) is 46.3 Å². The van der Waals surface area contributed by atoms with Gasteiger partial charge in [0.15, 0.2) is 0 Å². The molecule has 2 aromatic heterocycles. The number of benzene rings is 1. The summed E-state index contributed by atoms with van der Waals surface area (Å²) in [5.41, 5.74) is 1.37. The Balaban J connectivity index is 1.91. The zero-order valence-electron chi connectivity index (χ0n) is 13.6. The maximum absolute atomic E-state index is 12.8. The van der Waals surface area contributed by atoms with Crippen LogP contribution in [0.5, 0.6) is 0 Å². The van der Waals surface area contributed by atoms with Crippen molar-refractivity contribution in [1.82, 2.24) is 9.88 Å². The summed E-state index contributed by atoms with van der Waals surface area (Å²) in [7, 11) is 0. The number of carbonyl (C=O) groups is 1. The first kappa shape index (κ1) is 15.7. The number of carbonyl (C=O) groups excluding carboxylic acids is 1. The van der Waals surface area contributed by atoms with Crippen LogP contribution in [-0.2, 0) is 0 Å². The zero-order chi connectivity index (χ0) is 16.4. The smallest absolute Gasteiger partial charge is 0.273 e. The summed E-state index contributed by atoms with van der Waals surface area (Å²) >= 11 is 1.50. The zero-order valence-corrected chi connectivity index (χ0v) is 14.4. The quantitative estimate of drug-likeness (QED) is 0.675. The van der Waals surface area contributed by atoms with E-state index in [1.807, 2.05) is 54.5 Å². The Kier molecular flexibility index (Phi) is 4.48. The van der Waals surface area contributed by atoms with Crippen molar-refractivity contribution >= 4 is 28.2 Å². The van der Waals surface area contributed by atoms with Gasteiger partial charge in [0.2, 0.25) is 0 Å². The number of rotatable bonds is 5. The van der Waals surface area contributed by atoms with Crippen molar-refractivity contribution < 1.29 is 9.21 Å². The van der Waals surface area contributed by atoms with Crippen molar-refractivity contribution in [2.75, 3.05) is 6.54 Å². The van der Waals surface area contributed by atoms with Crippen LogP contribution in [0, 0.1) is 6.92 Å². The second-order valence-electron chi connectivity index (χ2n) is 5.61. The van der Waals surface area contributed by atoms with Crippen molar-refractivity contribution in [2.24, 2.45) is 0 Å². The van der Waals surface area contributed by atoms with Crippen LogP contribution >= 0.6 is 11.3 Å². The van der Waals surface area contributed by atoms with Crippen molar-refractivity contribution in [3.8, 4) is 0 Å². The molecule has 0 N–H and O–H groups in total. The van der Waals surface area contributed by atoms with Crippen LogP contribution < -0.4 is 0 Å². The van der Waals surface area contributed by atoms with Crippen LogP contribution in [0.25, 0.3) is 11.0 Å². The van der Waals surface area contributed by atoms with E-state index in [0.717, 1.165) is 28.2 Å². The Morgan fingerprint density at radius 2 is 2.17 bits per heavy atom. The monoisotopic (exact) mass is 328 g/mol. The van der Waals surface area contributed by atoms with Gasteiger partial charge in [0.1, 0.15) is 17.0 Å². The number of aryl methyl sites for hydroxylation is 1. The molecule has 0 radical (unpaired) electrons. The molecular formula is C18H20N2O2S. The van der Waals surface area contributed by atoms with Gasteiger partial charge in [0, 0.05) is 17.3 Å². The Morgan fingerprint density at radius 1 is 1.39 bits per heavy atom. The van der Waals surface area contributed by atoms with Gasteiger partial charge in [0.05, 0.1) is 11.0 Å². The molecule has 0 aliphatic heterocycles. The molecule has 4 nitrogen and oxygen atoms in total. The van der Waals surface area contributed by atoms with Crippen molar-refractivity contribution in [3.63, 3.8) is 0 Å². The predicted octanol–water partition coefficient (Wildman–Crippen LogP) is 4.81. The van der Waals surface area contributed by atoms with Crippen molar-refractivity contribution in [1.29, 1.82) is 0 Å². The average molecular weight is 328 g/mol. The first-order valence-electron chi connectivity index (χ1n) is 7.81. The molecule has 1 aromatic carbocycles. The summed E-state index contributed by atoms with van der Waals surface area (Å²) in [6, 6.07) is 9.79. The van der Waals surface area contributed by atoms with E-state index in [2.05, 4.69) is 11.9 Å². The van der Waals surface area contributed by atoms with E-state index in [1.165, 1.54) is 11.3 Å². The van der Waals surface area contributed by atoms with Gasteiger partial charge < -0.3 is 9.32 Å². The Morgan fingerprint density at radius 3 is 2.83 bits per heavy atom. The molecule has 3 aromatic rings. The molecule has 120 valence electrons. The highest BCUT2D eigenvalue weighted by atomic mass is 32.1. The molecule has 1 atom stereocenters. The summed E-state index contributed by atoms with van der Waals surface area (Å²) in [6.45, 7) is 6.66. The maximum Gasteiger partial charge on any atom is 0.273 e. The molecule has 0 fully saturated rings. The van der Waals surface area contributed by atoms with Gasteiger partial charge in [0.25, 0.3) is 5.91 Å². The number of aromatic nitrogens is 1. The van der Waals surface area contributed by atoms with Crippen molar-refractivity contribution in [3.05, 3.63) is 52.2 Å². The fourth-order valence-corrected chi connectivity index (χ4v) is 3.27. The molecule has 1 unspecified atom stereocenters. The molecule has 1 amide bonds. The minimum Gasteiger partial charge on any atom is -0.459 e. The van der Waals surface area contributed by atoms with Gasteiger partial charge in [-0.05, 0) is 32.4 Å². The van der Waals surface area contributed by atoms with Gasteiger partial charge in [-0.15, -0.1) is 11.3 Å². The fraction of sp³-hybridized carbons (Fsp3) is 0.333. The Hall–Kier alpha value is -2.14. The summed E-state index contributed by atoms with van der Waals surface area (Å²) in [5.74, 6) is 0.768. The van der Waals surface area contributed by atoms with Crippen LogP contribution in [0.1, 0.15) is 47.6 Å². The number of nitrogens with zero attached hydrogens (tertiary/aromatic N) is 2. The number of fused-ring (bicyclic) bond motifs is 1. The minimum atomic E-state index is -0.128. The molecule has 0 aliphatic carbocycles. The van der Waals surface area contributed by atoms with Crippen LogP contribution in [-0.4, -0.2) is 22.3 Å². The standard InChI is InChI=1S/C18H20N2O2S/c1-4-9-20(18(21)15-11-23-13(3)19-15)12(2)17-10-14-7-5-6-8-16(14)22-17/h5-8,10-12H,4,9H2,1-3H3. The second kappa shape index (κ2) is 6.54. The first-order valence-corrected chi connectivity index (χ1v) is 8.69. The maximum atomic E-state index is 12.8. The number of furan rings is 1. The van der Waals surface area contributed by atoms with E-state index in [0.29, 0.717) is 12.2 Å². The molecule has 0 saturated heterocycles. The lowest BCUT2D eigenvalue weighted by atomic mass is 10.1. The highest BCUT2D eigenvalue weighted by Gasteiger charge is 2.26. The van der Waals surface area contributed by atoms with Crippen LogP contribution in [0.4, 0.5) is 0 Å². The number of hydrogen-bond donors (Lipinski definition) is 0. The molecular weight excluding hydrogens is 308 g/mol. The van der Waals surface area contributed by atoms with Crippen LogP contribution in [0.3, 0.4) is 0 Å². The molecule has 0 saturated carbocycles. The van der Waals surface area contributed by atoms with E-state index >= 15 is 0 Å². The summed E-state index contributed by atoms with van der Waals surface area (Å²) in [4.78, 5) is 19.0. The van der Waals surface area contributed by atoms with Gasteiger partial charge in [-0.3, -0.25) is 4.79 Å². The summed E-state index contributed by atoms with van der Waals surface area (Å²) in [6.07, 6.45) is 0.888. The second-order valence-corrected chi connectivity index (χ2v) is 6.68. The average Bonchev–Trinajstić information content (AvgIpc) is 3.17. The third-order valence-electron chi connectivity index (χ3n) is 3.89. The first-order chi connectivity index (χ1) is 11.1. The third kappa shape index (κ3) is 3.15. The molecule has 2 heterocycles. The Labute approximate surface area is 139 Å². The lowest BCUT2D eigenvalue weighted by molar-refractivity contribution is 0.0667. The van der Waals surface area contributed by atoms with Crippen molar-refractivity contribution in [2.45, 2.75) is 33.2 Å². The van der Waals surface area contributed by atoms with Gasteiger partial charge >= 0.3 is 0 Å². The number of thiazole rings is 1. The summed E-state index contributed by atoms with van der Waals surface area (Å²) in [5, 5.41) is 3.79. The van der Waals surface area contributed by atoms with E-state index in [9.17, 15) is 4.79 Å². The molecule has 5 heteroatoms. The third-order valence-corrected chi connectivity index (χ3v) is 4.66. The normalized spacial score (nSPS) is 12.5. The highest BCUT2D eigenvalue weighted by Crippen LogP contribution is 2.28. The molecule has 3 rings (SSSR count). The number of para-hydroxylation sites is 1. The van der Waals surface area contributed by atoms with Crippen LogP contribution in [0.2, 0.25) is 0 Å². The lowest BCUT2D eigenvalue weighted by Gasteiger charge is -2.27. The molecule has 0 spiro atoms. The van der Waals surface area contributed by atoms with Gasteiger partial charge in [-0.1, -0.05) is 25.1 Å². The molecule has 0 bridgehead atoms. The Bertz CT molecular complexity index is 788. The minimum absolute atomic E-state index is 0.0378. The number of hydrogen-bond acceptors (Lipinski definition) is 4. The van der Waals surface area contributed by atoms with Gasteiger partial charge in [-0.25, -0.2) is 4.98 Å².